The lowest BCUT2D eigenvalue weighted by Crippen LogP contribution is -2.48. The summed E-state index contributed by atoms with van der Waals surface area (Å²) in [6, 6.07) is -0.0939. The number of likely N-dealkylation sites (tertiary alicyclic amines) is 1. The van der Waals surface area contributed by atoms with Crippen LogP contribution in [0.3, 0.4) is 0 Å². The molecule has 14 heavy (non-hydrogen) atoms. The van der Waals surface area contributed by atoms with Crippen LogP contribution in [0.5, 0.6) is 0 Å². The van der Waals surface area contributed by atoms with Crippen molar-refractivity contribution in [2.75, 3.05) is 13.1 Å². The lowest BCUT2D eigenvalue weighted by Gasteiger charge is -2.38. The number of aliphatic hydroxyl groups is 1. The molecule has 1 aliphatic heterocycles. The molecule has 0 radical (unpaired) electrons. The molecule has 0 aromatic carbocycles. The minimum Gasteiger partial charge on any atom is -0.390 e. The third kappa shape index (κ3) is 2.66. The van der Waals surface area contributed by atoms with Gasteiger partial charge in [-0.1, -0.05) is 6.58 Å². The van der Waals surface area contributed by atoms with Crippen molar-refractivity contribution in [3.05, 3.63) is 12.7 Å². The average molecular weight is 197 g/mol. The number of rotatable bonds is 3. The number of nitrogens with zero attached hydrogens (tertiary/aromatic N) is 1. The molecule has 1 rings (SSSR count). The lowest BCUT2D eigenvalue weighted by molar-refractivity contribution is -0.120. The molecule has 0 aromatic rings. The maximum absolute atomic E-state index is 11.4. The van der Waals surface area contributed by atoms with Crippen molar-refractivity contribution < 1.29 is 9.90 Å². The van der Waals surface area contributed by atoms with Gasteiger partial charge in [0.25, 0.3) is 0 Å². The number of hydrogen-bond acceptors (Lipinski definition) is 3. The molecule has 3 heteroatoms. The van der Waals surface area contributed by atoms with Gasteiger partial charge >= 0.3 is 0 Å². The summed E-state index contributed by atoms with van der Waals surface area (Å²) in [7, 11) is 0. The van der Waals surface area contributed by atoms with E-state index in [0.29, 0.717) is 0 Å². The normalized spacial score (nSPS) is 24.2. The maximum atomic E-state index is 11.4. The van der Waals surface area contributed by atoms with Crippen molar-refractivity contribution >= 4 is 5.78 Å². The van der Waals surface area contributed by atoms with Crippen LogP contribution in [-0.4, -0.2) is 40.5 Å². The van der Waals surface area contributed by atoms with E-state index in [9.17, 15) is 9.90 Å². The Labute approximate surface area is 85.4 Å². The molecule has 1 fully saturated rings. The first-order valence-electron chi connectivity index (χ1n) is 5.09. The Hall–Kier alpha value is -0.670. The number of carbonyl (C=O) groups excluding carboxylic acids is 1. The lowest BCUT2D eigenvalue weighted by atomic mass is 9.92. The van der Waals surface area contributed by atoms with Gasteiger partial charge in [-0.3, -0.25) is 9.69 Å². The van der Waals surface area contributed by atoms with Crippen LogP contribution in [0.15, 0.2) is 12.7 Å². The van der Waals surface area contributed by atoms with Gasteiger partial charge in [0.05, 0.1) is 11.6 Å². The zero-order valence-corrected chi connectivity index (χ0v) is 8.99. The van der Waals surface area contributed by atoms with E-state index in [1.165, 1.54) is 6.08 Å². The largest absolute Gasteiger partial charge is 0.390 e. The predicted octanol–water partition coefficient (Wildman–Crippen LogP) is 0.977. The molecule has 1 aliphatic rings. The summed E-state index contributed by atoms with van der Waals surface area (Å²) in [5.41, 5.74) is -0.548. The fourth-order valence-corrected chi connectivity index (χ4v) is 1.74. The van der Waals surface area contributed by atoms with Gasteiger partial charge in [0.15, 0.2) is 5.78 Å². The van der Waals surface area contributed by atoms with Gasteiger partial charge in [0.2, 0.25) is 0 Å². The topological polar surface area (TPSA) is 40.5 Å². The van der Waals surface area contributed by atoms with E-state index in [1.807, 2.05) is 13.8 Å². The minimum absolute atomic E-state index is 0.0616. The van der Waals surface area contributed by atoms with Crippen molar-refractivity contribution in [2.24, 2.45) is 0 Å². The first-order valence-corrected chi connectivity index (χ1v) is 5.09. The Morgan fingerprint density at radius 3 is 2.50 bits per heavy atom. The monoisotopic (exact) mass is 197 g/mol. The molecule has 0 spiro atoms. The van der Waals surface area contributed by atoms with E-state index in [0.717, 1.165) is 25.9 Å². The third-order valence-electron chi connectivity index (χ3n) is 3.04. The Morgan fingerprint density at radius 1 is 1.57 bits per heavy atom. The second-order valence-electron chi connectivity index (χ2n) is 4.32. The summed E-state index contributed by atoms with van der Waals surface area (Å²) in [5, 5.41) is 9.74. The van der Waals surface area contributed by atoms with Gasteiger partial charge < -0.3 is 5.11 Å². The Morgan fingerprint density at radius 2 is 2.07 bits per heavy atom. The van der Waals surface area contributed by atoms with Gasteiger partial charge in [-0.15, -0.1) is 0 Å². The van der Waals surface area contributed by atoms with Crippen molar-refractivity contribution in [1.82, 2.24) is 4.90 Å². The summed E-state index contributed by atoms with van der Waals surface area (Å²) in [6.07, 6.45) is 2.85. The third-order valence-corrected chi connectivity index (χ3v) is 3.04. The predicted molar refractivity (Wildman–Crippen MR) is 56.1 cm³/mol. The van der Waals surface area contributed by atoms with Crippen molar-refractivity contribution in [2.45, 2.75) is 38.3 Å². The summed E-state index contributed by atoms with van der Waals surface area (Å²) in [6.45, 7) is 8.79. The minimum atomic E-state index is -0.548. The van der Waals surface area contributed by atoms with Crippen LogP contribution in [0.2, 0.25) is 0 Å². The molecule has 3 nitrogen and oxygen atoms in total. The quantitative estimate of drug-likeness (QED) is 0.686. The zero-order valence-electron chi connectivity index (χ0n) is 8.99. The molecule has 0 amide bonds. The molecule has 1 N–H and O–H groups in total. The molecular formula is C11H19NO2. The van der Waals surface area contributed by atoms with Gasteiger partial charge in [-0.2, -0.15) is 0 Å². The number of piperidine rings is 1. The van der Waals surface area contributed by atoms with Gasteiger partial charge in [0, 0.05) is 13.1 Å². The van der Waals surface area contributed by atoms with E-state index in [2.05, 4.69) is 11.5 Å². The van der Waals surface area contributed by atoms with Crippen molar-refractivity contribution in [3.8, 4) is 0 Å². The summed E-state index contributed by atoms with van der Waals surface area (Å²) in [4.78, 5) is 13.4. The zero-order chi connectivity index (χ0) is 10.8. The summed E-state index contributed by atoms with van der Waals surface area (Å²) < 4.78 is 0. The molecular weight excluding hydrogens is 178 g/mol. The average Bonchev–Trinajstić information content (AvgIpc) is 2.15. The van der Waals surface area contributed by atoms with Crippen LogP contribution in [0, 0.1) is 0 Å². The molecule has 0 bridgehead atoms. The molecule has 1 heterocycles. The first-order chi connectivity index (χ1) is 6.46. The first kappa shape index (κ1) is 11.4. The SMILES string of the molecule is C=CC(=O)[C@@H](C)N1CCC(C)(O)CC1. The van der Waals surface area contributed by atoms with Crippen LogP contribution < -0.4 is 0 Å². The molecule has 0 unspecified atom stereocenters. The fraction of sp³-hybridized carbons (Fsp3) is 0.727. The Balaban J connectivity index is 2.49. The molecule has 1 atom stereocenters. The standard InChI is InChI=1S/C11H19NO2/c1-4-10(13)9(2)12-7-5-11(3,14)6-8-12/h4,9,14H,1,5-8H2,2-3H3/t9-/m1/s1. The van der Waals surface area contributed by atoms with Crippen LogP contribution in [0.4, 0.5) is 0 Å². The molecule has 80 valence electrons. The van der Waals surface area contributed by atoms with E-state index in [1.54, 1.807) is 0 Å². The van der Waals surface area contributed by atoms with Gasteiger partial charge in [-0.05, 0) is 32.8 Å². The summed E-state index contributed by atoms with van der Waals surface area (Å²) in [5.74, 6) is 0.0616. The highest BCUT2D eigenvalue weighted by Gasteiger charge is 2.30. The van der Waals surface area contributed by atoms with E-state index in [4.69, 9.17) is 0 Å². The Kier molecular flexibility index (Phi) is 3.45. The number of hydrogen-bond donors (Lipinski definition) is 1. The Bertz CT molecular complexity index is 225. The fourth-order valence-electron chi connectivity index (χ4n) is 1.74. The van der Waals surface area contributed by atoms with E-state index < -0.39 is 5.60 Å². The van der Waals surface area contributed by atoms with Crippen molar-refractivity contribution in [3.63, 3.8) is 0 Å². The van der Waals surface area contributed by atoms with Crippen LogP contribution >= 0.6 is 0 Å². The molecule has 0 aliphatic carbocycles. The van der Waals surface area contributed by atoms with Crippen LogP contribution in [0.1, 0.15) is 26.7 Å². The van der Waals surface area contributed by atoms with Crippen LogP contribution in [-0.2, 0) is 4.79 Å². The van der Waals surface area contributed by atoms with Crippen molar-refractivity contribution in [1.29, 1.82) is 0 Å². The van der Waals surface area contributed by atoms with E-state index >= 15 is 0 Å². The second kappa shape index (κ2) is 4.24. The highest BCUT2D eigenvalue weighted by Crippen LogP contribution is 2.22. The second-order valence-corrected chi connectivity index (χ2v) is 4.32. The number of ketones is 1. The summed E-state index contributed by atoms with van der Waals surface area (Å²) >= 11 is 0. The van der Waals surface area contributed by atoms with Crippen LogP contribution in [0.25, 0.3) is 0 Å². The maximum Gasteiger partial charge on any atom is 0.171 e. The molecule has 1 saturated heterocycles. The van der Waals surface area contributed by atoms with Gasteiger partial charge in [0.1, 0.15) is 0 Å². The van der Waals surface area contributed by atoms with E-state index in [-0.39, 0.29) is 11.8 Å². The van der Waals surface area contributed by atoms with Gasteiger partial charge in [-0.25, -0.2) is 0 Å². The highest BCUT2D eigenvalue weighted by molar-refractivity contribution is 5.93. The molecule has 0 saturated carbocycles. The highest BCUT2D eigenvalue weighted by atomic mass is 16.3. The molecule has 0 aromatic heterocycles. The number of carbonyl (C=O) groups is 1. The smallest absolute Gasteiger partial charge is 0.171 e.